The summed E-state index contributed by atoms with van der Waals surface area (Å²) in [6.07, 6.45) is 13.9. The number of hydrogen-bond donors (Lipinski definition) is 5. The number of fused-ring (bicyclic) bond motifs is 2. The van der Waals surface area contributed by atoms with Gasteiger partial charge >= 0.3 is 5.97 Å². The maximum atomic E-state index is 13.9. The number of carbonyl (C=O) groups excluding carboxylic acids is 2. The molecule has 1 amide bonds. The van der Waals surface area contributed by atoms with Gasteiger partial charge in [-0.15, -0.1) is 0 Å². The number of allylic oxidation sites excluding steroid dienone is 6. The summed E-state index contributed by atoms with van der Waals surface area (Å²) in [7, 11) is -16.2. The summed E-state index contributed by atoms with van der Waals surface area (Å²) in [5.41, 5.74) is 2.17. The number of ether oxygens (including phenoxy) is 1. The standard InChI is InChI=1S/C44H59N3O15S4/c1-43(2)35-30-33(65(56,57)58)21-23-37(35)46(26-10-12-28-63(50,51)52)39(43)18-14-16-32(42(49)45-25-9-7-6-8-20-41(48)62-5)17-15-19-40-44(3,4)36-31-34(66(59,60)61)22-24-38(36)47(40)27-11-13-29-64(53,54)55/h14-19,21-24,30-31H,6-13,20,25-29H2,1-5H3,(H4-,45,49,50,51,52,53,54,55,56,57,58,59,60,61)/p+1. The number of unbranched alkanes of at least 4 members (excludes halogenated alkanes) is 5. The normalized spacial score (nSPS) is 17.0. The van der Waals surface area contributed by atoms with E-state index in [2.05, 4.69) is 10.1 Å². The van der Waals surface area contributed by atoms with Gasteiger partial charge in [0.15, 0.2) is 5.71 Å². The molecule has 0 unspecified atom stereocenters. The Morgan fingerprint density at radius 1 is 0.727 bits per heavy atom. The van der Waals surface area contributed by atoms with E-state index in [0.717, 1.165) is 12.8 Å². The van der Waals surface area contributed by atoms with E-state index in [1.807, 2.05) is 37.2 Å². The van der Waals surface area contributed by atoms with Crippen molar-refractivity contribution in [3.8, 4) is 0 Å². The fourth-order valence-corrected chi connectivity index (χ4v) is 10.2. The van der Waals surface area contributed by atoms with Crippen LogP contribution in [0.1, 0.15) is 96.6 Å². The minimum Gasteiger partial charge on any atom is -0.469 e. The Labute approximate surface area is 388 Å². The van der Waals surface area contributed by atoms with E-state index in [9.17, 15) is 61.5 Å². The van der Waals surface area contributed by atoms with Crippen LogP contribution in [0.15, 0.2) is 93.9 Å². The molecule has 2 heterocycles. The molecule has 2 aliphatic rings. The number of esters is 1. The zero-order valence-corrected chi connectivity index (χ0v) is 40.9. The largest absolute Gasteiger partial charge is 0.469 e. The number of nitrogens with one attached hydrogen (secondary N) is 1. The van der Waals surface area contributed by atoms with Crippen LogP contribution in [0.5, 0.6) is 0 Å². The third-order valence-corrected chi connectivity index (χ3v) is 14.8. The van der Waals surface area contributed by atoms with E-state index in [1.165, 1.54) is 31.4 Å². The van der Waals surface area contributed by atoms with Gasteiger partial charge in [0.1, 0.15) is 6.54 Å². The van der Waals surface area contributed by atoms with Crippen molar-refractivity contribution in [3.05, 3.63) is 95.3 Å². The maximum Gasteiger partial charge on any atom is 0.305 e. The van der Waals surface area contributed by atoms with Crippen LogP contribution in [0.4, 0.5) is 11.4 Å². The molecular weight excluding hydrogens is 939 g/mol. The van der Waals surface area contributed by atoms with Crippen molar-refractivity contribution in [2.24, 2.45) is 0 Å². The van der Waals surface area contributed by atoms with Crippen molar-refractivity contribution < 1.29 is 70.8 Å². The molecular formula is C44H60N3O15S4+. The third kappa shape index (κ3) is 14.7. The molecule has 66 heavy (non-hydrogen) atoms. The van der Waals surface area contributed by atoms with Gasteiger partial charge in [-0.25, -0.2) is 0 Å². The average Bonchev–Trinajstić information content (AvgIpc) is 3.55. The molecule has 2 aliphatic heterocycles. The van der Waals surface area contributed by atoms with Crippen LogP contribution >= 0.6 is 0 Å². The summed E-state index contributed by atoms with van der Waals surface area (Å²) >= 11 is 0. The average molecular weight is 999 g/mol. The Kier molecular flexibility index (Phi) is 18.1. The van der Waals surface area contributed by atoms with Gasteiger partial charge < -0.3 is 15.0 Å². The van der Waals surface area contributed by atoms with E-state index < -0.39 is 68.7 Å². The molecule has 0 radical (unpaired) electrons. The molecule has 22 heteroatoms. The molecule has 0 saturated heterocycles. The van der Waals surface area contributed by atoms with Crippen LogP contribution in [-0.4, -0.2) is 112 Å². The Bertz CT molecular complexity index is 2770. The molecule has 2 aromatic rings. The van der Waals surface area contributed by atoms with Gasteiger partial charge in [0, 0.05) is 66.0 Å². The first-order chi connectivity index (χ1) is 30.6. The summed E-state index contributed by atoms with van der Waals surface area (Å²) in [5, 5.41) is 2.93. The van der Waals surface area contributed by atoms with Gasteiger partial charge in [-0.3, -0.25) is 27.8 Å². The highest BCUT2D eigenvalue weighted by atomic mass is 32.2. The Balaban J connectivity index is 1.75. The van der Waals surface area contributed by atoms with Crippen LogP contribution in [0.25, 0.3) is 0 Å². The topological polar surface area (TPSA) is 279 Å². The first-order valence-corrected chi connectivity index (χ1v) is 27.4. The van der Waals surface area contributed by atoms with E-state index in [-0.39, 0.29) is 47.3 Å². The number of amides is 1. The molecule has 0 bridgehead atoms. The molecule has 0 fully saturated rings. The van der Waals surface area contributed by atoms with Crippen molar-refractivity contribution in [1.29, 1.82) is 0 Å². The Hall–Kier alpha value is -4.55. The van der Waals surface area contributed by atoms with Crippen LogP contribution in [0.3, 0.4) is 0 Å². The summed E-state index contributed by atoms with van der Waals surface area (Å²) < 4.78 is 139. The molecule has 2 aromatic carbocycles. The summed E-state index contributed by atoms with van der Waals surface area (Å²) in [5.74, 6) is -1.65. The summed E-state index contributed by atoms with van der Waals surface area (Å²) in [4.78, 5) is 26.6. The number of nitrogens with zero attached hydrogens (tertiary/aromatic N) is 2. The minimum absolute atomic E-state index is 0.132. The van der Waals surface area contributed by atoms with Crippen LogP contribution in [0, 0.1) is 0 Å². The summed E-state index contributed by atoms with van der Waals surface area (Å²) in [6.45, 7) is 8.26. The zero-order chi connectivity index (χ0) is 49.3. The van der Waals surface area contributed by atoms with Gasteiger partial charge in [-0.2, -0.15) is 38.2 Å². The minimum atomic E-state index is -4.56. The molecule has 0 spiro atoms. The van der Waals surface area contributed by atoms with E-state index >= 15 is 0 Å². The molecule has 364 valence electrons. The lowest BCUT2D eigenvalue weighted by Gasteiger charge is -2.27. The van der Waals surface area contributed by atoms with Gasteiger partial charge in [0.25, 0.3) is 46.4 Å². The number of rotatable bonds is 24. The monoisotopic (exact) mass is 998 g/mol. The fraction of sp³-hybridized carbons (Fsp3) is 0.477. The smallest absolute Gasteiger partial charge is 0.305 e. The molecule has 18 nitrogen and oxygen atoms in total. The molecule has 0 aromatic heterocycles. The second-order valence-electron chi connectivity index (χ2n) is 17.1. The number of hydrogen-bond acceptors (Lipinski definition) is 12. The van der Waals surface area contributed by atoms with Crippen molar-refractivity contribution >= 4 is 69.4 Å². The Morgan fingerprint density at radius 3 is 1.92 bits per heavy atom. The first kappa shape index (κ1) is 54.1. The number of carbonyl (C=O) groups is 2. The predicted molar refractivity (Wildman–Crippen MR) is 250 cm³/mol. The Morgan fingerprint density at radius 2 is 1.32 bits per heavy atom. The molecule has 5 N–H and O–H groups in total. The van der Waals surface area contributed by atoms with E-state index in [0.29, 0.717) is 72.6 Å². The quantitative estimate of drug-likeness (QED) is 0.0206. The van der Waals surface area contributed by atoms with Crippen molar-refractivity contribution in [2.75, 3.05) is 43.1 Å². The molecule has 4 rings (SSSR count). The lowest BCUT2D eigenvalue weighted by atomic mass is 9.81. The van der Waals surface area contributed by atoms with E-state index in [1.54, 1.807) is 48.6 Å². The second kappa shape index (κ2) is 22.0. The highest BCUT2D eigenvalue weighted by Crippen LogP contribution is 2.48. The predicted octanol–water partition coefficient (Wildman–Crippen LogP) is 5.85. The molecule has 0 saturated carbocycles. The zero-order valence-electron chi connectivity index (χ0n) is 37.6. The fourth-order valence-electron chi connectivity index (χ4n) is 8.07. The number of benzene rings is 2. The first-order valence-electron chi connectivity index (χ1n) is 21.3. The third-order valence-electron chi connectivity index (χ3n) is 11.5. The second-order valence-corrected chi connectivity index (χ2v) is 23.1. The maximum absolute atomic E-state index is 13.9. The van der Waals surface area contributed by atoms with E-state index in [4.69, 9.17) is 0 Å². The molecule has 0 aliphatic carbocycles. The lowest BCUT2D eigenvalue weighted by molar-refractivity contribution is -0.438. The SMILES string of the molecule is COC(=O)CCCCCCNC(=O)C(=C\C=C\C1=[N+](CCCCS(=O)(=O)O)c2ccc(S(=O)(=O)O)cc2C1(C)C)/C=C/C=C1/N(CCCCS(=O)(=O)O)c2ccc(S(=O)(=O)O)cc2C1(C)C. The highest BCUT2D eigenvalue weighted by molar-refractivity contribution is 7.86. The number of methoxy groups -OCH3 is 1. The van der Waals surface area contributed by atoms with Crippen LogP contribution < -0.4 is 10.2 Å². The lowest BCUT2D eigenvalue weighted by Crippen LogP contribution is -2.28. The van der Waals surface area contributed by atoms with Gasteiger partial charge in [-0.1, -0.05) is 38.8 Å². The van der Waals surface area contributed by atoms with Gasteiger partial charge in [0.05, 0.1) is 33.8 Å². The highest BCUT2D eigenvalue weighted by Gasteiger charge is 2.45. The van der Waals surface area contributed by atoms with Gasteiger partial charge in [0.2, 0.25) is 5.69 Å². The van der Waals surface area contributed by atoms with Crippen molar-refractivity contribution in [1.82, 2.24) is 5.32 Å². The van der Waals surface area contributed by atoms with Crippen LogP contribution in [-0.2, 0) is 65.6 Å². The van der Waals surface area contributed by atoms with Crippen LogP contribution in [0.2, 0.25) is 0 Å². The van der Waals surface area contributed by atoms with Crippen molar-refractivity contribution in [2.45, 2.75) is 106 Å². The number of anilines is 1. The van der Waals surface area contributed by atoms with Crippen molar-refractivity contribution in [3.63, 3.8) is 0 Å². The summed E-state index contributed by atoms with van der Waals surface area (Å²) in [6, 6.07) is 8.38. The molecule has 0 atom stereocenters. The van der Waals surface area contributed by atoms with Gasteiger partial charge in [-0.05, 0) is 100 Å².